The summed E-state index contributed by atoms with van der Waals surface area (Å²) in [6, 6.07) is 17.6. The first-order valence-electron chi connectivity index (χ1n) is 10.5. The highest BCUT2D eigenvalue weighted by atomic mass is 32.1. The molecule has 0 bridgehead atoms. The van der Waals surface area contributed by atoms with E-state index >= 15 is 0 Å². The fourth-order valence-corrected chi connectivity index (χ4v) is 4.66. The van der Waals surface area contributed by atoms with Crippen molar-refractivity contribution >= 4 is 34.4 Å². The van der Waals surface area contributed by atoms with Gasteiger partial charge < -0.3 is 19.7 Å². The fraction of sp³-hybridized carbons (Fsp3) is 0.250. The molecule has 1 amide bonds. The van der Waals surface area contributed by atoms with E-state index in [9.17, 15) is 4.79 Å². The Morgan fingerprint density at radius 3 is 2.78 bits per heavy atom. The number of nitrogens with one attached hydrogen (secondary N) is 1. The second-order valence-electron chi connectivity index (χ2n) is 7.68. The topological polar surface area (TPSA) is 68.1 Å². The molecule has 0 radical (unpaired) electrons. The first-order valence-corrected chi connectivity index (χ1v) is 11.3. The number of amides is 1. The zero-order valence-electron chi connectivity index (χ0n) is 17.9. The molecule has 4 aromatic rings. The van der Waals surface area contributed by atoms with Gasteiger partial charge in [0.25, 0.3) is 5.91 Å². The van der Waals surface area contributed by atoms with Crippen LogP contribution in [-0.2, 0) is 4.74 Å². The Bertz CT molecular complexity index is 1250. The maximum absolute atomic E-state index is 12.9. The summed E-state index contributed by atoms with van der Waals surface area (Å²) in [5.74, 6) is 1.76. The Morgan fingerprint density at radius 2 is 2.03 bits per heavy atom. The van der Waals surface area contributed by atoms with Crippen LogP contribution in [0.15, 0.2) is 60.8 Å². The lowest BCUT2D eigenvalue weighted by atomic mass is 10.2. The third-order valence-corrected chi connectivity index (χ3v) is 6.50. The lowest BCUT2D eigenvalue weighted by molar-refractivity contribution is -0.0243. The molecule has 0 aliphatic carbocycles. The number of benzene rings is 1. The van der Waals surface area contributed by atoms with Crippen LogP contribution >= 0.6 is 11.3 Å². The molecule has 164 valence electrons. The Kier molecular flexibility index (Phi) is 5.55. The molecule has 1 aliphatic heterocycles. The average molecular weight is 449 g/mol. The molecular formula is C24H24N4O3S. The molecule has 0 spiro atoms. The molecule has 0 unspecified atom stereocenters. The summed E-state index contributed by atoms with van der Waals surface area (Å²) in [6.45, 7) is 3.58. The van der Waals surface area contributed by atoms with Gasteiger partial charge in [0.15, 0.2) is 0 Å². The number of morpholine rings is 1. The Hall–Kier alpha value is -3.36. The number of imidazole rings is 1. The van der Waals surface area contributed by atoms with Crippen molar-refractivity contribution < 1.29 is 14.3 Å². The first-order chi connectivity index (χ1) is 15.6. The number of fused-ring (bicyclic) bond motifs is 1. The van der Waals surface area contributed by atoms with Gasteiger partial charge in [0.05, 0.1) is 30.8 Å². The van der Waals surface area contributed by atoms with Crippen LogP contribution in [0.3, 0.4) is 0 Å². The van der Waals surface area contributed by atoms with E-state index in [4.69, 9.17) is 14.5 Å². The number of anilines is 2. The van der Waals surface area contributed by atoms with Crippen molar-refractivity contribution in [3.63, 3.8) is 0 Å². The van der Waals surface area contributed by atoms with Crippen molar-refractivity contribution in [1.29, 1.82) is 0 Å². The quantitative estimate of drug-likeness (QED) is 0.481. The molecule has 1 aromatic carbocycles. The van der Waals surface area contributed by atoms with Crippen LogP contribution < -0.4 is 10.1 Å². The molecule has 5 rings (SSSR count). The van der Waals surface area contributed by atoms with E-state index in [1.54, 1.807) is 7.11 Å². The third kappa shape index (κ3) is 4.06. The molecule has 7 nitrogen and oxygen atoms in total. The van der Waals surface area contributed by atoms with Crippen molar-refractivity contribution in [2.75, 3.05) is 32.1 Å². The molecule has 8 heteroatoms. The smallest absolute Gasteiger partial charge is 0.264 e. The van der Waals surface area contributed by atoms with Crippen molar-refractivity contribution in [2.24, 2.45) is 0 Å². The first kappa shape index (κ1) is 20.5. The van der Waals surface area contributed by atoms with Gasteiger partial charge >= 0.3 is 0 Å². The predicted octanol–water partition coefficient (Wildman–Crippen LogP) is 4.67. The average Bonchev–Trinajstić information content (AvgIpc) is 3.46. The van der Waals surface area contributed by atoms with Crippen molar-refractivity contribution in [2.45, 2.75) is 13.0 Å². The number of carbonyl (C=O) groups is 1. The minimum atomic E-state index is -0.262. The van der Waals surface area contributed by atoms with E-state index in [0.29, 0.717) is 19.7 Å². The number of hydrogen-bond donors (Lipinski definition) is 1. The van der Waals surface area contributed by atoms with E-state index in [0.717, 1.165) is 38.4 Å². The number of carbonyl (C=O) groups excluding carboxylic acids is 1. The standard InChI is InChI=1S/C24H24N4O3S/c1-16-6-11-21(32-16)24(29)27-12-13-31-20(15-27)19-14-28-22(4-3-5-23(28)26-19)25-17-7-9-18(30-2)10-8-17/h3-11,14,20,25H,12-13,15H2,1-2H3/t20-/m1/s1. The van der Waals surface area contributed by atoms with Gasteiger partial charge in [0.1, 0.15) is 23.3 Å². The molecule has 1 aliphatic rings. The summed E-state index contributed by atoms with van der Waals surface area (Å²) in [4.78, 5) is 21.4. The fourth-order valence-electron chi connectivity index (χ4n) is 3.83. The molecule has 1 N–H and O–H groups in total. The molecule has 1 atom stereocenters. The molecule has 3 aromatic heterocycles. The van der Waals surface area contributed by atoms with Gasteiger partial charge in [0, 0.05) is 23.3 Å². The summed E-state index contributed by atoms with van der Waals surface area (Å²) < 4.78 is 13.2. The monoisotopic (exact) mass is 448 g/mol. The molecule has 4 heterocycles. The van der Waals surface area contributed by atoms with Gasteiger partial charge in [0.2, 0.25) is 0 Å². The summed E-state index contributed by atoms with van der Waals surface area (Å²) in [5.41, 5.74) is 2.58. The SMILES string of the molecule is COc1ccc(Nc2cccc3nc([C@H]4CN(C(=O)c5ccc(C)s5)CCO4)cn23)cc1. The lowest BCUT2D eigenvalue weighted by Gasteiger charge is -2.31. The van der Waals surface area contributed by atoms with Crippen LogP contribution in [0.4, 0.5) is 11.5 Å². The van der Waals surface area contributed by atoms with E-state index < -0.39 is 0 Å². The minimum absolute atomic E-state index is 0.0574. The highest BCUT2D eigenvalue weighted by Gasteiger charge is 2.28. The Labute approximate surface area is 190 Å². The zero-order valence-corrected chi connectivity index (χ0v) is 18.8. The number of methoxy groups -OCH3 is 1. The van der Waals surface area contributed by atoms with Crippen LogP contribution in [0.2, 0.25) is 0 Å². The molecule has 0 saturated carbocycles. The number of rotatable bonds is 5. The van der Waals surface area contributed by atoms with E-state index in [-0.39, 0.29) is 12.0 Å². The van der Waals surface area contributed by atoms with Crippen molar-refractivity contribution in [3.05, 3.63) is 76.2 Å². The van der Waals surface area contributed by atoms with Gasteiger partial charge in [-0.15, -0.1) is 11.3 Å². The van der Waals surface area contributed by atoms with Crippen LogP contribution in [0.1, 0.15) is 26.3 Å². The van der Waals surface area contributed by atoms with E-state index in [2.05, 4.69) is 5.32 Å². The number of nitrogens with zero attached hydrogens (tertiary/aromatic N) is 3. The zero-order chi connectivity index (χ0) is 22.1. The minimum Gasteiger partial charge on any atom is -0.497 e. The highest BCUT2D eigenvalue weighted by Crippen LogP contribution is 2.27. The van der Waals surface area contributed by atoms with E-state index in [1.165, 1.54) is 11.3 Å². The lowest BCUT2D eigenvalue weighted by Crippen LogP contribution is -2.42. The van der Waals surface area contributed by atoms with Crippen LogP contribution in [0.25, 0.3) is 5.65 Å². The Balaban J connectivity index is 1.37. The van der Waals surface area contributed by atoms with Gasteiger partial charge in [-0.25, -0.2) is 4.98 Å². The molecular weight excluding hydrogens is 424 g/mol. The summed E-state index contributed by atoms with van der Waals surface area (Å²) in [6.07, 6.45) is 1.72. The number of aromatic nitrogens is 2. The number of pyridine rings is 1. The molecule has 1 saturated heterocycles. The Morgan fingerprint density at radius 1 is 1.19 bits per heavy atom. The maximum atomic E-state index is 12.9. The van der Waals surface area contributed by atoms with E-state index in [1.807, 2.05) is 77.0 Å². The van der Waals surface area contributed by atoms with Gasteiger partial charge in [-0.1, -0.05) is 6.07 Å². The normalized spacial score (nSPS) is 16.3. The molecule has 1 fully saturated rings. The predicted molar refractivity (Wildman–Crippen MR) is 125 cm³/mol. The maximum Gasteiger partial charge on any atom is 0.264 e. The third-order valence-electron chi connectivity index (χ3n) is 5.51. The second kappa shape index (κ2) is 8.64. The number of aryl methyl sites for hydroxylation is 1. The second-order valence-corrected chi connectivity index (χ2v) is 8.97. The molecule has 32 heavy (non-hydrogen) atoms. The van der Waals surface area contributed by atoms with Gasteiger partial charge in [-0.2, -0.15) is 0 Å². The summed E-state index contributed by atoms with van der Waals surface area (Å²) in [5, 5.41) is 3.43. The van der Waals surface area contributed by atoms with Gasteiger partial charge in [-0.3, -0.25) is 9.20 Å². The van der Waals surface area contributed by atoms with Crippen LogP contribution in [0.5, 0.6) is 5.75 Å². The summed E-state index contributed by atoms with van der Waals surface area (Å²) in [7, 11) is 1.65. The van der Waals surface area contributed by atoms with Crippen molar-refractivity contribution in [3.8, 4) is 5.75 Å². The van der Waals surface area contributed by atoms with Gasteiger partial charge in [-0.05, 0) is 55.5 Å². The number of ether oxygens (including phenoxy) is 2. The number of hydrogen-bond acceptors (Lipinski definition) is 6. The van der Waals surface area contributed by atoms with Crippen LogP contribution in [-0.4, -0.2) is 47.0 Å². The number of thiophene rings is 1. The summed E-state index contributed by atoms with van der Waals surface area (Å²) >= 11 is 1.53. The van der Waals surface area contributed by atoms with Crippen LogP contribution in [0, 0.1) is 6.92 Å². The highest BCUT2D eigenvalue weighted by molar-refractivity contribution is 7.13. The largest absolute Gasteiger partial charge is 0.497 e. The van der Waals surface area contributed by atoms with Crippen molar-refractivity contribution in [1.82, 2.24) is 14.3 Å².